The zero-order valence-electron chi connectivity index (χ0n) is 14.9. The van der Waals surface area contributed by atoms with Crippen molar-refractivity contribution in [2.45, 2.75) is 25.8 Å². The minimum atomic E-state index is -3.58. The fraction of sp³-hybridized carbons (Fsp3) is 0.316. The summed E-state index contributed by atoms with van der Waals surface area (Å²) in [5, 5.41) is 3.51. The lowest BCUT2D eigenvalue weighted by Crippen LogP contribution is -2.48. The molecule has 1 N–H and O–H groups in total. The van der Waals surface area contributed by atoms with Crippen LogP contribution in [0.25, 0.3) is 0 Å². The SMILES string of the molecule is CC(C(=O)NCCCc1ccc(Cl)cc1)N(c1ccccc1)S(C)(=O)=O. The number of nitrogens with one attached hydrogen (secondary N) is 1. The topological polar surface area (TPSA) is 66.5 Å². The Morgan fingerprint density at radius 2 is 1.73 bits per heavy atom. The highest BCUT2D eigenvalue weighted by atomic mass is 35.5. The van der Waals surface area contributed by atoms with Gasteiger partial charge in [-0.25, -0.2) is 8.42 Å². The van der Waals surface area contributed by atoms with Crippen LogP contribution in [0.1, 0.15) is 18.9 Å². The van der Waals surface area contributed by atoms with Crippen LogP contribution in [0.4, 0.5) is 5.69 Å². The van der Waals surface area contributed by atoms with Crippen LogP contribution >= 0.6 is 11.6 Å². The van der Waals surface area contributed by atoms with Crippen LogP contribution in [0.2, 0.25) is 5.02 Å². The van der Waals surface area contributed by atoms with Crippen LogP contribution in [0.15, 0.2) is 54.6 Å². The van der Waals surface area contributed by atoms with Gasteiger partial charge in [0.15, 0.2) is 0 Å². The average Bonchev–Trinajstić information content (AvgIpc) is 2.60. The van der Waals surface area contributed by atoms with Gasteiger partial charge in [0.1, 0.15) is 6.04 Å². The lowest BCUT2D eigenvalue weighted by atomic mass is 10.1. The third-order valence-electron chi connectivity index (χ3n) is 3.95. The van der Waals surface area contributed by atoms with Crippen molar-refractivity contribution >= 4 is 33.2 Å². The van der Waals surface area contributed by atoms with Crippen molar-refractivity contribution in [3.05, 3.63) is 65.2 Å². The third-order valence-corrected chi connectivity index (χ3v) is 5.45. The molecule has 2 rings (SSSR count). The average molecular weight is 395 g/mol. The first-order valence-electron chi connectivity index (χ1n) is 8.35. The first-order valence-corrected chi connectivity index (χ1v) is 10.6. The van der Waals surface area contributed by atoms with Gasteiger partial charge >= 0.3 is 0 Å². The standard InChI is InChI=1S/C19H23ClN2O3S/c1-15(22(26(2,24)25)18-8-4-3-5-9-18)19(23)21-14-6-7-16-10-12-17(20)13-11-16/h3-5,8-13,15H,6-7,14H2,1-2H3,(H,21,23). The minimum absolute atomic E-state index is 0.324. The van der Waals surface area contributed by atoms with Gasteiger partial charge in [-0.15, -0.1) is 0 Å². The Hall–Kier alpha value is -2.05. The number of halogens is 1. The smallest absolute Gasteiger partial charge is 0.243 e. The zero-order valence-corrected chi connectivity index (χ0v) is 16.4. The molecule has 0 aliphatic carbocycles. The molecule has 2 aromatic rings. The van der Waals surface area contributed by atoms with Crippen LogP contribution in [-0.4, -0.2) is 33.2 Å². The van der Waals surface area contributed by atoms with E-state index in [-0.39, 0.29) is 5.91 Å². The van der Waals surface area contributed by atoms with Crippen molar-refractivity contribution in [3.8, 4) is 0 Å². The second-order valence-corrected chi connectivity index (χ2v) is 8.39. The molecule has 0 spiro atoms. The zero-order chi connectivity index (χ0) is 19.2. The van der Waals surface area contributed by atoms with Gasteiger partial charge in [-0.1, -0.05) is 41.9 Å². The molecule has 0 radical (unpaired) electrons. The van der Waals surface area contributed by atoms with E-state index in [1.807, 2.05) is 24.3 Å². The highest BCUT2D eigenvalue weighted by Gasteiger charge is 2.28. The highest BCUT2D eigenvalue weighted by molar-refractivity contribution is 7.92. The number of rotatable bonds is 8. The van der Waals surface area contributed by atoms with E-state index in [1.54, 1.807) is 37.3 Å². The summed E-state index contributed by atoms with van der Waals surface area (Å²) < 4.78 is 25.5. The maximum atomic E-state index is 12.4. The van der Waals surface area contributed by atoms with Crippen molar-refractivity contribution in [3.63, 3.8) is 0 Å². The second kappa shape index (κ2) is 9.05. The third kappa shape index (κ3) is 5.75. The van der Waals surface area contributed by atoms with Gasteiger partial charge in [0.05, 0.1) is 11.9 Å². The summed E-state index contributed by atoms with van der Waals surface area (Å²) in [5.41, 5.74) is 1.61. The van der Waals surface area contributed by atoms with E-state index in [0.717, 1.165) is 29.0 Å². The number of hydrogen-bond acceptors (Lipinski definition) is 3. The van der Waals surface area contributed by atoms with Gasteiger partial charge < -0.3 is 5.32 Å². The molecule has 7 heteroatoms. The van der Waals surface area contributed by atoms with Crippen molar-refractivity contribution in [1.29, 1.82) is 0 Å². The van der Waals surface area contributed by atoms with E-state index in [0.29, 0.717) is 17.3 Å². The molecule has 0 heterocycles. The Labute approximate surface area is 160 Å². The monoisotopic (exact) mass is 394 g/mol. The van der Waals surface area contributed by atoms with Gasteiger partial charge in [-0.05, 0) is 49.6 Å². The Bertz CT molecular complexity index is 824. The summed E-state index contributed by atoms with van der Waals surface area (Å²) in [7, 11) is -3.58. The molecule has 0 saturated carbocycles. The van der Waals surface area contributed by atoms with Crippen molar-refractivity contribution < 1.29 is 13.2 Å². The molecule has 140 valence electrons. The first kappa shape index (κ1) is 20.3. The summed E-state index contributed by atoms with van der Waals surface area (Å²) in [6.45, 7) is 2.06. The first-order chi connectivity index (χ1) is 12.3. The fourth-order valence-corrected chi connectivity index (χ4v) is 3.99. The molecule has 26 heavy (non-hydrogen) atoms. The van der Waals surface area contributed by atoms with E-state index < -0.39 is 16.1 Å². The highest BCUT2D eigenvalue weighted by Crippen LogP contribution is 2.20. The second-order valence-electron chi connectivity index (χ2n) is 6.09. The Morgan fingerprint density at radius 3 is 2.31 bits per heavy atom. The van der Waals surface area contributed by atoms with Gasteiger partial charge in [0.2, 0.25) is 15.9 Å². The van der Waals surface area contributed by atoms with E-state index in [1.165, 1.54) is 0 Å². The molecule has 1 atom stereocenters. The minimum Gasteiger partial charge on any atom is -0.354 e. The number of carbonyl (C=O) groups excluding carboxylic acids is 1. The lowest BCUT2D eigenvalue weighted by molar-refractivity contribution is -0.121. The van der Waals surface area contributed by atoms with E-state index in [9.17, 15) is 13.2 Å². The van der Waals surface area contributed by atoms with Gasteiger partial charge in [0.25, 0.3) is 0 Å². The summed E-state index contributed by atoms with van der Waals surface area (Å²) in [4.78, 5) is 12.4. The maximum Gasteiger partial charge on any atom is 0.243 e. The van der Waals surface area contributed by atoms with Crippen LogP contribution < -0.4 is 9.62 Å². The summed E-state index contributed by atoms with van der Waals surface area (Å²) in [5.74, 6) is -0.324. The largest absolute Gasteiger partial charge is 0.354 e. The number of aryl methyl sites for hydroxylation is 1. The molecule has 1 unspecified atom stereocenters. The summed E-state index contributed by atoms with van der Waals surface area (Å²) in [6, 6.07) is 15.4. The van der Waals surface area contributed by atoms with Crippen LogP contribution in [0.5, 0.6) is 0 Å². The normalized spacial score (nSPS) is 12.4. The van der Waals surface area contributed by atoms with E-state index in [2.05, 4.69) is 5.32 Å². The maximum absolute atomic E-state index is 12.4. The summed E-state index contributed by atoms with van der Waals surface area (Å²) >= 11 is 5.86. The van der Waals surface area contributed by atoms with Gasteiger partial charge in [0, 0.05) is 11.6 Å². The molecule has 0 fully saturated rings. The predicted molar refractivity (Wildman–Crippen MR) is 106 cm³/mol. The van der Waals surface area contributed by atoms with Crippen molar-refractivity contribution in [1.82, 2.24) is 5.32 Å². The van der Waals surface area contributed by atoms with Crippen molar-refractivity contribution in [2.75, 3.05) is 17.1 Å². The number of anilines is 1. The number of sulfonamides is 1. The Balaban J connectivity index is 1.93. The Kier molecular flexibility index (Phi) is 7.06. The number of amides is 1. The molecule has 0 aromatic heterocycles. The summed E-state index contributed by atoms with van der Waals surface area (Å²) in [6.07, 6.45) is 2.66. The molecule has 1 amide bonds. The molecular weight excluding hydrogens is 372 g/mol. The van der Waals surface area contributed by atoms with Crippen LogP contribution in [-0.2, 0) is 21.2 Å². The number of benzene rings is 2. The quantitative estimate of drug-likeness (QED) is 0.699. The molecule has 0 aliphatic rings. The number of hydrogen-bond donors (Lipinski definition) is 1. The van der Waals surface area contributed by atoms with Crippen LogP contribution in [0, 0.1) is 0 Å². The molecule has 0 bridgehead atoms. The van der Waals surface area contributed by atoms with E-state index in [4.69, 9.17) is 11.6 Å². The number of carbonyl (C=O) groups is 1. The fourth-order valence-electron chi connectivity index (χ4n) is 2.69. The lowest BCUT2D eigenvalue weighted by Gasteiger charge is -2.28. The number of para-hydroxylation sites is 1. The number of nitrogens with zero attached hydrogens (tertiary/aromatic N) is 1. The van der Waals surface area contributed by atoms with Crippen molar-refractivity contribution in [2.24, 2.45) is 0 Å². The van der Waals surface area contributed by atoms with E-state index >= 15 is 0 Å². The van der Waals surface area contributed by atoms with Gasteiger partial charge in [-0.3, -0.25) is 9.10 Å². The molecule has 0 aliphatic heterocycles. The van der Waals surface area contributed by atoms with Crippen LogP contribution in [0.3, 0.4) is 0 Å². The predicted octanol–water partition coefficient (Wildman–Crippen LogP) is 3.24. The Morgan fingerprint density at radius 1 is 1.12 bits per heavy atom. The molecule has 5 nitrogen and oxygen atoms in total. The molecule has 2 aromatic carbocycles. The molecule has 0 saturated heterocycles. The van der Waals surface area contributed by atoms with Gasteiger partial charge in [-0.2, -0.15) is 0 Å². The molecular formula is C19H23ClN2O3S.